The van der Waals surface area contributed by atoms with Crippen LogP contribution in [0.4, 0.5) is 0 Å². The molecule has 0 amide bonds. The highest BCUT2D eigenvalue weighted by Gasteiger charge is 1.90. The quantitative estimate of drug-likeness (QED) is 0.726. The van der Waals surface area contributed by atoms with Gasteiger partial charge in [0.05, 0.1) is 0 Å². The van der Waals surface area contributed by atoms with Crippen LogP contribution in [0.3, 0.4) is 0 Å². The molecule has 0 saturated carbocycles. The molecule has 1 aromatic heterocycles. The highest BCUT2D eigenvalue weighted by Crippen LogP contribution is 1.93. The van der Waals surface area contributed by atoms with E-state index >= 15 is 0 Å². The molecule has 0 unspecified atom stereocenters. The van der Waals surface area contributed by atoms with Gasteiger partial charge in [-0.1, -0.05) is 13.3 Å². The molecule has 66 valence electrons. The first kappa shape index (κ1) is 9.19. The first-order valence-electron chi connectivity index (χ1n) is 4.04. The molecule has 0 radical (unpaired) electrons. The normalized spacial score (nSPS) is 10.1. The van der Waals surface area contributed by atoms with Crippen LogP contribution in [0, 0.1) is 4.77 Å². The van der Waals surface area contributed by atoms with Crippen molar-refractivity contribution < 1.29 is 0 Å². The van der Waals surface area contributed by atoms with Gasteiger partial charge in [-0.2, -0.15) is 0 Å². The molecule has 0 fully saturated rings. The molecular weight excluding hydrogens is 172 g/mol. The minimum Gasteiger partial charge on any atom is -0.325 e. The van der Waals surface area contributed by atoms with Crippen LogP contribution < -0.4 is 5.56 Å². The number of nitrogens with one attached hydrogen (secondary N) is 1. The van der Waals surface area contributed by atoms with Crippen molar-refractivity contribution in [1.82, 2.24) is 9.55 Å². The molecule has 1 heterocycles. The van der Waals surface area contributed by atoms with Gasteiger partial charge >= 0.3 is 0 Å². The third-order valence-corrected chi connectivity index (χ3v) is 1.99. The molecule has 0 bridgehead atoms. The molecule has 12 heavy (non-hydrogen) atoms. The van der Waals surface area contributed by atoms with Gasteiger partial charge < -0.3 is 4.57 Å². The Bertz CT molecular complexity index is 353. The first-order chi connectivity index (χ1) is 5.74. The predicted octanol–water partition coefficient (Wildman–Crippen LogP) is 1.71. The molecular formula is C8H12N2OS. The molecule has 0 atom stereocenters. The maximum Gasteiger partial charge on any atom is 0.251 e. The smallest absolute Gasteiger partial charge is 0.251 e. The molecule has 0 aliphatic carbocycles. The lowest BCUT2D eigenvalue weighted by atomic mass is 10.3. The van der Waals surface area contributed by atoms with E-state index in [1.54, 1.807) is 6.20 Å². The Morgan fingerprint density at radius 1 is 1.67 bits per heavy atom. The van der Waals surface area contributed by atoms with Crippen molar-refractivity contribution in [2.24, 2.45) is 0 Å². The maximum atomic E-state index is 10.8. The Hall–Kier alpha value is -0.900. The summed E-state index contributed by atoms with van der Waals surface area (Å²) >= 11 is 4.96. The highest BCUT2D eigenvalue weighted by molar-refractivity contribution is 7.71. The zero-order valence-electron chi connectivity index (χ0n) is 7.04. The molecule has 0 aliphatic rings. The zero-order chi connectivity index (χ0) is 8.97. The van der Waals surface area contributed by atoms with Gasteiger partial charge in [-0.15, -0.1) is 0 Å². The Morgan fingerprint density at radius 2 is 2.42 bits per heavy atom. The number of rotatable bonds is 3. The minimum absolute atomic E-state index is 0.132. The number of aromatic nitrogens is 2. The molecule has 0 aromatic carbocycles. The van der Waals surface area contributed by atoms with E-state index in [9.17, 15) is 4.79 Å². The lowest BCUT2D eigenvalue weighted by molar-refractivity contribution is 0.609. The topological polar surface area (TPSA) is 37.8 Å². The van der Waals surface area contributed by atoms with Gasteiger partial charge in [0.2, 0.25) is 0 Å². The number of unbranched alkanes of at least 4 members (excludes halogenated alkanes) is 1. The summed E-state index contributed by atoms with van der Waals surface area (Å²) in [4.78, 5) is 13.4. The number of aryl methyl sites for hydroxylation is 1. The van der Waals surface area contributed by atoms with Crippen LogP contribution in [0.2, 0.25) is 0 Å². The van der Waals surface area contributed by atoms with Crippen molar-refractivity contribution in [1.29, 1.82) is 0 Å². The SMILES string of the molecule is CCCCn1ccc(=O)[nH]c1=S. The van der Waals surface area contributed by atoms with E-state index < -0.39 is 0 Å². The Balaban J connectivity index is 2.87. The van der Waals surface area contributed by atoms with Crippen molar-refractivity contribution >= 4 is 12.2 Å². The lowest BCUT2D eigenvalue weighted by Crippen LogP contribution is -2.11. The number of hydrogen-bond acceptors (Lipinski definition) is 2. The second kappa shape index (κ2) is 4.21. The van der Waals surface area contributed by atoms with Crippen LogP contribution in [0.25, 0.3) is 0 Å². The van der Waals surface area contributed by atoms with Crippen LogP contribution in [-0.2, 0) is 6.54 Å². The van der Waals surface area contributed by atoms with E-state index in [-0.39, 0.29) is 5.56 Å². The van der Waals surface area contributed by atoms with Gasteiger partial charge in [0.15, 0.2) is 4.77 Å². The monoisotopic (exact) mass is 184 g/mol. The van der Waals surface area contributed by atoms with E-state index in [1.807, 2.05) is 4.57 Å². The second-order valence-corrected chi connectivity index (χ2v) is 3.04. The van der Waals surface area contributed by atoms with E-state index in [2.05, 4.69) is 11.9 Å². The summed E-state index contributed by atoms with van der Waals surface area (Å²) in [5.41, 5.74) is -0.132. The van der Waals surface area contributed by atoms with E-state index in [4.69, 9.17) is 12.2 Å². The summed E-state index contributed by atoms with van der Waals surface area (Å²) in [6.07, 6.45) is 3.94. The minimum atomic E-state index is -0.132. The van der Waals surface area contributed by atoms with Gasteiger partial charge in [-0.25, -0.2) is 0 Å². The fourth-order valence-electron chi connectivity index (χ4n) is 0.949. The van der Waals surface area contributed by atoms with Gasteiger partial charge in [0.25, 0.3) is 5.56 Å². The molecule has 3 nitrogen and oxygen atoms in total. The fourth-order valence-corrected chi connectivity index (χ4v) is 1.20. The van der Waals surface area contributed by atoms with Crippen LogP contribution >= 0.6 is 12.2 Å². The predicted molar refractivity (Wildman–Crippen MR) is 50.8 cm³/mol. The number of H-pyrrole nitrogens is 1. The fraction of sp³-hybridized carbons (Fsp3) is 0.500. The lowest BCUT2D eigenvalue weighted by Gasteiger charge is -2.03. The third kappa shape index (κ3) is 2.30. The van der Waals surface area contributed by atoms with Crippen LogP contribution in [0.1, 0.15) is 19.8 Å². The van der Waals surface area contributed by atoms with E-state index in [0.29, 0.717) is 4.77 Å². The van der Waals surface area contributed by atoms with Crippen LogP contribution in [0.15, 0.2) is 17.1 Å². The van der Waals surface area contributed by atoms with Crippen molar-refractivity contribution in [3.63, 3.8) is 0 Å². The van der Waals surface area contributed by atoms with Gasteiger partial charge in [0.1, 0.15) is 0 Å². The summed E-state index contributed by atoms with van der Waals surface area (Å²) in [7, 11) is 0. The van der Waals surface area contributed by atoms with Gasteiger partial charge in [-0.05, 0) is 18.6 Å². The molecule has 0 saturated heterocycles. The molecule has 1 N–H and O–H groups in total. The second-order valence-electron chi connectivity index (χ2n) is 2.66. The van der Waals surface area contributed by atoms with Crippen LogP contribution in [0.5, 0.6) is 0 Å². The number of aromatic amines is 1. The molecule has 1 rings (SSSR count). The van der Waals surface area contributed by atoms with E-state index in [1.165, 1.54) is 6.07 Å². The van der Waals surface area contributed by atoms with Gasteiger partial charge in [0, 0.05) is 18.8 Å². The summed E-state index contributed by atoms with van der Waals surface area (Å²) in [6.45, 7) is 3.00. The van der Waals surface area contributed by atoms with Crippen molar-refractivity contribution in [2.75, 3.05) is 0 Å². The summed E-state index contributed by atoms with van der Waals surface area (Å²) in [5, 5.41) is 0. The van der Waals surface area contributed by atoms with E-state index in [0.717, 1.165) is 19.4 Å². The Morgan fingerprint density at radius 3 is 3.00 bits per heavy atom. The third-order valence-electron chi connectivity index (χ3n) is 1.65. The largest absolute Gasteiger partial charge is 0.325 e. The molecule has 4 heteroatoms. The van der Waals surface area contributed by atoms with Crippen LogP contribution in [-0.4, -0.2) is 9.55 Å². The number of nitrogens with zero attached hydrogens (tertiary/aromatic N) is 1. The summed E-state index contributed by atoms with van der Waals surface area (Å²) < 4.78 is 2.39. The summed E-state index contributed by atoms with van der Waals surface area (Å²) in [5.74, 6) is 0. The van der Waals surface area contributed by atoms with Crippen molar-refractivity contribution in [3.05, 3.63) is 27.4 Å². The molecule has 0 aliphatic heterocycles. The highest BCUT2D eigenvalue weighted by atomic mass is 32.1. The Labute approximate surface area is 76.1 Å². The zero-order valence-corrected chi connectivity index (χ0v) is 7.86. The maximum absolute atomic E-state index is 10.8. The average molecular weight is 184 g/mol. The first-order valence-corrected chi connectivity index (χ1v) is 4.44. The van der Waals surface area contributed by atoms with Crippen molar-refractivity contribution in [2.45, 2.75) is 26.3 Å². The van der Waals surface area contributed by atoms with Crippen molar-refractivity contribution in [3.8, 4) is 0 Å². The summed E-state index contributed by atoms with van der Waals surface area (Å²) in [6, 6.07) is 1.49. The number of hydrogen-bond donors (Lipinski definition) is 1. The molecule has 0 spiro atoms. The Kier molecular flexibility index (Phi) is 3.22. The standard InChI is InChI=1S/C8H12N2OS/c1-2-3-5-10-6-4-7(11)9-8(10)12/h4,6H,2-3,5H2,1H3,(H,9,11,12). The molecule has 1 aromatic rings. The average Bonchev–Trinajstić information content (AvgIpc) is 2.03. The van der Waals surface area contributed by atoms with Gasteiger partial charge in [-0.3, -0.25) is 9.78 Å².